The van der Waals surface area contributed by atoms with Crippen LogP contribution in [0.15, 0.2) is 18.5 Å². The van der Waals surface area contributed by atoms with E-state index in [2.05, 4.69) is 20.1 Å². The fourth-order valence-corrected chi connectivity index (χ4v) is 4.04. The molecule has 142 valence electrons. The van der Waals surface area contributed by atoms with Crippen molar-refractivity contribution in [3.05, 3.63) is 35.4 Å². The van der Waals surface area contributed by atoms with Crippen LogP contribution in [0.5, 0.6) is 11.5 Å². The topological polar surface area (TPSA) is 141 Å². The van der Waals surface area contributed by atoms with Gasteiger partial charge in [0.15, 0.2) is 0 Å². The molecule has 4 N–H and O–H groups in total. The molecule has 1 saturated heterocycles. The Morgan fingerprint density at radius 3 is 2.93 bits per heavy atom. The van der Waals surface area contributed by atoms with E-state index in [1.807, 2.05) is 0 Å². The molecule has 5 rings (SSSR count). The highest BCUT2D eigenvalue weighted by Gasteiger charge is 2.55. The predicted octanol–water partition coefficient (Wildman–Crippen LogP) is -0.0605. The largest absolute Gasteiger partial charge is 0.669 e. The van der Waals surface area contributed by atoms with Crippen LogP contribution in [0.2, 0.25) is 5.82 Å². The van der Waals surface area contributed by atoms with Crippen LogP contribution in [0, 0.1) is 0 Å². The van der Waals surface area contributed by atoms with E-state index in [0.29, 0.717) is 31.6 Å². The quantitative estimate of drug-likeness (QED) is 0.530. The van der Waals surface area contributed by atoms with Crippen LogP contribution >= 0.6 is 0 Å². The summed E-state index contributed by atoms with van der Waals surface area (Å²) < 4.78 is 11.2. The maximum Gasteiger partial charge on any atom is 0.434 e. The van der Waals surface area contributed by atoms with Gasteiger partial charge >= 0.3 is 12.7 Å². The number of aromatic nitrogens is 3. The molecule has 0 radical (unpaired) electrons. The number of rotatable bonds is 5. The van der Waals surface area contributed by atoms with Gasteiger partial charge in [-0.1, -0.05) is 18.3 Å². The smallest absolute Gasteiger partial charge is 0.434 e. The zero-order chi connectivity index (χ0) is 18.8. The van der Waals surface area contributed by atoms with Gasteiger partial charge in [0.1, 0.15) is 29.6 Å². The number of hydrogen-bond acceptors (Lipinski definition) is 8. The van der Waals surface area contributed by atoms with Crippen LogP contribution in [-0.4, -0.2) is 67.2 Å². The van der Waals surface area contributed by atoms with Crippen LogP contribution in [0.3, 0.4) is 0 Å². The number of benzene rings is 1. The van der Waals surface area contributed by atoms with Crippen molar-refractivity contribution in [1.82, 2.24) is 20.1 Å². The SMILES string of the molecule is O=C(O)c1c(OC2CN(Cc3ncn[nH]3)C2)ccc2c1O[B-](O)(O)C1CC21. The van der Waals surface area contributed by atoms with Gasteiger partial charge in [-0.05, 0) is 17.5 Å². The molecule has 2 fully saturated rings. The van der Waals surface area contributed by atoms with Gasteiger partial charge < -0.3 is 24.5 Å². The number of nitrogens with zero attached hydrogens (tertiary/aromatic N) is 3. The zero-order valence-corrected chi connectivity index (χ0v) is 14.3. The number of H-pyrrole nitrogens is 1. The first-order valence-corrected chi connectivity index (χ1v) is 8.84. The molecule has 2 aliphatic heterocycles. The van der Waals surface area contributed by atoms with Crippen LogP contribution < -0.4 is 9.39 Å². The van der Waals surface area contributed by atoms with Gasteiger partial charge in [0.2, 0.25) is 0 Å². The van der Waals surface area contributed by atoms with Crippen LogP contribution in [0.25, 0.3) is 0 Å². The summed E-state index contributed by atoms with van der Waals surface area (Å²) in [7, 11) is 0. The highest BCUT2D eigenvalue weighted by molar-refractivity contribution is 6.62. The van der Waals surface area contributed by atoms with E-state index in [9.17, 15) is 19.9 Å². The number of carboxylic acid groups (broad SMARTS) is 1. The first-order valence-electron chi connectivity index (χ1n) is 8.84. The highest BCUT2D eigenvalue weighted by atomic mass is 16.6. The Kier molecular flexibility index (Phi) is 3.48. The fourth-order valence-electron chi connectivity index (χ4n) is 4.04. The van der Waals surface area contributed by atoms with E-state index in [-0.39, 0.29) is 34.9 Å². The monoisotopic (exact) mass is 373 g/mol. The summed E-state index contributed by atoms with van der Waals surface area (Å²) in [6.07, 6.45) is 1.86. The van der Waals surface area contributed by atoms with Crippen molar-refractivity contribution < 1.29 is 29.3 Å². The zero-order valence-electron chi connectivity index (χ0n) is 14.3. The molecule has 2 aromatic rings. The lowest BCUT2D eigenvalue weighted by Gasteiger charge is -2.40. The predicted molar refractivity (Wildman–Crippen MR) is 91.4 cm³/mol. The summed E-state index contributed by atoms with van der Waals surface area (Å²) >= 11 is 0. The molecule has 27 heavy (non-hydrogen) atoms. The van der Waals surface area contributed by atoms with Crippen LogP contribution in [-0.2, 0) is 6.54 Å². The summed E-state index contributed by atoms with van der Waals surface area (Å²) in [5.74, 6) is -0.701. The summed E-state index contributed by atoms with van der Waals surface area (Å²) in [6, 6.07) is 3.40. The summed E-state index contributed by atoms with van der Waals surface area (Å²) in [5.41, 5.74) is 0.548. The first-order chi connectivity index (χ1) is 12.9. The molecule has 1 aromatic carbocycles. The Morgan fingerprint density at radius 2 is 2.22 bits per heavy atom. The number of carbonyl (C=O) groups is 1. The van der Waals surface area contributed by atoms with E-state index < -0.39 is 12.7 Å². The number of likely N-dealkylation sites (tertiary alicyclic amines) is 1. The molecule has 3 aliphatic rings. The van der Waals surface area contributed by atoms with E-state index in [0.717, 1.165) is 5.82 Å². The van der Waals surface area contributed by atoms with Gasteiger partial charge in [-0.3, -0.25) is 10.00 Å². The molecule has 3 heterocycles. The summed E-state index contributed by atoms with van der Waals surface area (Å²) in [6.45, 7) is -1.19. The van der Waals surface area contributed by atoms with Crippen molar-refractivity contribution in [3.8, 4) is 11.5 Å². The molecule has 0 spiro atoms. The second kappa shape index (κ2) is 5.68. The second-order valence-corrected chi connectivity index (χ2v) is 7.41. The molecule has 2 atom stereocenters. The third kappa shape index (κ3) is 2.74. The molecule has 11 heteroatoms. The molecule has 0 amide bonds. The van der Waals surface area contributed by atoms with Gasteiger partial charge in [-0.25, -0.2) is 9.78 Å². The van der Waals surface area contributed by atoms with Crippen LogP contribution in [0.1, 0.15) is 34.1 Å². The summed E-state index contributed by atoms with van der Waals surface area (Å²) in [4.78, 5) is 18.0. The van der Waals surface area contributed by atoms with E-state index >= 15 is 0 Å². The number of aromatic amines is 1. The number of carboxylic acids is 1. The van der Waals surface area contributed by atoms with Crippen molar-refractivity contribution in [2.24, 2.45) is 0 Å². The minimum atomic E-state index is -3.04. The first kappa shape index (κ1) is 16.5. The number of fused-ring (bicyclic) bond motifs is 3. The van der Waals surface area contributed by atoms with Gasteiger partial charge in [0, 0.05) is 13.1 Å². The lowest BCUT2D eigenvalue weighted by atomic mass is 9.68. The van der Waals surface area contributed by atoms with Gasteiger partial charge in [0.25, 0.3) is 0 Å². The normalized spacial score (nSPS) is 25.7. The highest BCUT2D eigenvalue weighted by Crippen LogP contribution is 2.63. The third-order valence-electron chi connectivity index (χ3n) is 5.51. The van der Waals surface area contributed by atoms with E-state index in [4.69, 9.17) is 9.39 Å². The molecular formula is C16H18BN4O6-. The van der Waals surface area contributed by atoms with E-state index in [1.165, 1.54) is 6.33 Å². The standard InChI is InChI=1S/C16H18BN4O6/c22-16(23)14-12(26-8-4-21(5-8)6-13-18-7-19-20-13)2-1-9-10-3-11(10)17(24,25)27-15(9)14/h1-2,7-8,10-11,24-25H,3-6H2,(H,22,23)(H,18,19,20)/q-1. The van der Waals surface area contributed by atoms with Crippen molar-refractivity contribution >= 4 is 12.7 Å². The second-order valence-electron chi connectivity index (χ2n) is 7.41. The average Bonchev–Trinajstić information content (AvgIpc) is 3.23. The Balaban J connectivity index is 1.34. The minimum Gasteiger partial charge on any atom is -0.669 e. The molecule has 2 unspecified atom stereocenters. The van der Waals surface area contributed by atoms with Gasteiger partial charge in [-0.2, -0.15) is 5.10 Å². The maximum atomic E-state index is 11.8. The molecule has 10 nitrogen and oxygen atoms in total. The van der Waals surface area contributed by atoms with E-state index in [1.54, 1.807) is 12.1 Å². The lowest BCUT2D eigenvalue weighted by molar-refractivity contribution is 0.0120. The minimum absolute atomic E-state index is 0.0154. The fraction of sp³-hybridized carbons (Fsp3) is 0.438. The molecule has 1 saturated carbocycles. The molecular weight excluding hydrogens is 355 g/mol. The number of nitrogens with one attached hydrogen (secondary N) is 1. The number of ether oxygens (including phenoxy) is 1. The number of aromatic carboxylic acids is 1. The molecule has 1 aromatic heterocycles. The van der Waals surface area contributed by atoms with Gasteiger partial charge in [-0.15, -0.1) is 0 Å². The number of hydrogen-bond donors (Lipinski definition) is 4. The lowest BCUT2D eigenvalue weighted by Crippen LogP contribution is -2.53. The third-order valence-corrected chi connectivity index (χ3v) is 5.51. The Labute approximate surface area is 153 Å². The van der Waals surface area contributed by atoms with Crippen molar-refractivity contribution in [1.29, 1.82) is 0 Å². The Bertz CT molecular complexity index is 899. The maximum absolute atomic E-state index is 11.8. The molecule has 1 aliphatic carbocycles. The average molecular weight is 373 g/mol. The van der Waals surface area contributed by atoms with Crippen molar-refractivity contribution in [2.45, 2.75) is 30.8 Å². The van der Waals surface area contributed by atoms with Crippen LogP contribution in [0.4, 0.5) is 0 Å². The molecule has 0 bridgehead atoms. The van der Waals surface area contributed by atoms with Crippen molar-refractivity contribution in [2.75, 3.05) is 13.1 Å². The Hall–Kier alpha value is -2.63. The van der Waals surface area contributed by atoms with Gasteiger partial charge in [0.05, 0.1) is 12.3 Å². The Morgan fingerprint density at radius 1 is 1.41 bits per heavy atom. The van der Waals surface area contributed by atoms with Crippen molar-refractivity contribution in [3.63, 3.8) is 0 Å². The summed E-state index contributed by atoms with van der Waals surface area (Å²) in [5, 5.41) is 36.4.